The summed E-state index contributed by atoms with van der Waals surface area (Å²) in [6.45, 7) is 2.40. The van der Waals surface area contributed by atoms with Gasteiger partial charge in [-0.3, -0.25) is 9.69 Å². The number of hydrogen-bond acceptors (Lipinski definition) is 6. The number of anilines is 1. The van der Waals surface area contributed by atoms with Crippen LogP contribution in [0.4, 0.5) is 5.13 Å². The molecule has 0 atom stereocenters. The van der Waals surface area contributed by atoms with E-state index in [0.29, 0.717) is 34.5 Å². The van der Waals surface area contributed by atoms with E-state index in [2.05, 4.69) is 4.98 Å². The molecular formula is C19H20N2O4S. The van der Waals surface area contributed by atoms with Gasteiger partial charge < -0.3 is 14.2 Å². The molecule has 26 heavy (non-hydrogen) atoms. The number of rotatable bonds is 6. The lowest BCUT2D eigenvalue weighted by Crippen LogP contribution is -2.30. The monoisotopic (exact) mass is 372 g/mol. The Hall–Kier alpha value is -2.80. The molecule has 0 N–H and O–H groups in total. The van der Waals surface area contributed by atoms with E-state index in [4.69, 9.17) is 14.2 Å². The van der Waals surface area contributed by atoms with Crippen LogP contribution >= 0.6 is 11.3 Å². The number of para-hydroxylation sites is 1. The second-order valence-electron chi connectivity index (χ2n) is 5.42. The van der Waals surface area contributed by atoms with Crippen molar-refractivity contribution < 1.29 is 19.0 Å². The molecule has 0 bridgehead atoms. The number of thiazole rings is 1. The van der Waals surface area contributed by atoms with Crippen molar-refractivity contribution in [3.8, 4) is 17.2 Å². The number of fused-ring (bicyclic) bond motifs is 1. The molecule has 1 aromatic heterocycles. The first-order valence-corrected chi connectivity index (χ1v) is 8.92. The van der Waals surface area contributed by atoms with Crippen molar-refractivity contribution in [2.45, 2.75) is 6.92 Å². The molecule has 2 aromatic carbocycles. The molecule has 0 saturated heterocycles. The molecule has 0 aliphatic carbocycles. The van der Waals surface area contributed by atoms with Crippen LogP contribution in [-0.4, -0.2) is 38.8 Å². The molecule has 1 amide bonds. The van der Waals surface area contributed by atoms with Gasteiger partial charge in [-0.2, -0.15) is 0 Å². The van der Waals surface area contributed by atoms with Crippen LogP contribution in [0, 0.1) is 0 Å². The first-order chi connectivity index (χ1) is 12.6. The fourth-order valence-electron chi connectivity index (χ4n) is 2.68. The predicted molar refractivity (Wildman–Crippen MR) is 103 cm³/mol. The minimum atomic E-state index is -0.204. The summed E-state index contributed by atoms with van der Waals surface area (Å²) in [5, 5.41) is 0.649. The minimum Gasteiger partial charge on any atom is -0.496 e. The van der Waals surface area contributed by atoms with Crippen LogP contribution in [0.25, 0.3) is 10.2 Å². The third-order valence-electron chi connectivity index (χ3n) is 4.01. The average molecular weight is 372 g/mol. The molecule has 0 fully saturated rings. The molecule has 0 aliphatic heterocycles. The number of methoxy groups -OCH3 is 3. The molecule has 3 aromatic rings. The number of nitrogens with zero attached hydrogens (tertiary/aromatic N) is 2. The fraction of sp³-hybridized carbons (Fsp3) is 0.263. The van der Waals surface area contributed by atoms with Crippen LogP contribution < -0.4 is 19.1 Å². The molecule has 3 rings (SSSR count). The lowest BCUT2D eigenvalue weighted by molar-refractivity contribution is 0.0985. The quantitative estimate of drug-likeness (QED) is 0.655. The van der Waals surface area contributed by atoms with Crippen molar-refractivity contribution in [3.05, 3.63) is 42.0 Å². The van der Waals surface area contributed by atoms with Crippen LogP contribution in [0.15, 0.2) is 36.4 Å². The fourth-order valence-corrected chi connectivity index (χ4v) is 3.71. The lowest BCUT2D eigenvalue weighted by atomic mass is 10.1. The molecule has 136 valence electrons. The summed E-state index contributed by atoms with van der Waals surface area (Å²) < 4.78 is 17.0. The Kier molecular flexibility index (Phi) is 5.27. The van der Waals surface area contributed by atoms with E-state index in [9.17, 15) is 4.79 Å². The van der Waals surface area contributed by atoms with Crippen molar-refractivity contribution in [2.75, 3.05) is 32.8 Å². The highest BCUT2D eigenvalue weighted by Crippen LogP contribution is 2.36. The Morgan fingerprint density at radius 1 is 1.04 bits per heavy atom. The van der Waals surface area contributed by atoms with Gasteiger partial charge in [0.2, 0.25) is 0 Å². The highest BCUT2D eigenvalue weighted by molar-refractivity contribution is 7.22. The maximum absolute atomic E-state index is 13.2. The van der Waals surface area contributed by atoms with Gasteiger partial charge in [-0.05, 0) is 19.1 Å². The Morgan fingerprint density at radius 2 is 1.69 bits per heavy atom. The topological polar surface area (TPSA) is 60.9 Å². The molecule has 1 heterocycles. The largest absolute Gasteiger partial charge is 0.496 e. The van der Waals surface area contributed by atoms with Crippen molar-refractivity contribution in [1.29, 1.82) is 0 Å². The van der Waals surface area contributed by atoms with Gasteiger partial charge in [0.1, 0.15) is 5.75 Å². The average Bonchev–Trinajstić information content (AvgIpc) is 3.10. The van der Waals surface area contributed by atoms with E-state index in [1.54, 1.807) is 17.0 Å². The molecule has 0 radical (unpaired) electrons. The highest BCUT2D eigenvalue weighted by Gasteiger charge is 2.25. The normalized spacial score (nSPS) is 10.6. The first-order valence-electron chi connectivity index (χ1n) is 8.10. The van der Waals surface area contributed by atoms with E-state index in [1.807, 2.05) is 31.2 Å². The predicted octanol–water partition coefficient (Wildman–Crippen LogP) is 3.99. The number of carbonyl (C=O) groups excluding carboxylic acids is 1. The Balaban J connectivity index is 2.05. The number of carbonyl (C=O) groups is 1. The van der Waals surface area contributed by atoms with Gasteiger partial charge in [-0.25, -0.2) is 4.98 Å². The standard InChI is InChI=1S/C19H20N2O4S/c1-5-21(19-20-13-8-6-7-9-17(13)26-19)18(22)12-10-15(24-3)16(25-4)11-14(12)23-2/h6-11H,5H2,1-4H3. The summed E-state index contributed by atoms with van der Waals surface area (Å²) in [6.07, 6.45) is 0. The Labute approximate surface area is 155 Å². The van der Waals surface area contributed by atoms with Gasteiger partial charge in [0.15, 0.2) is 16.6 Å². The van der Waals surface area contributed by atoms with Gasteiger partial charge in [-0.15, -0.1) is 0 Å². The zero-order valence-electron chi connectivity index (χ0n) is 15.1. The first kappa shape index (κ1) is 18.0. The van der Waals surface area contributed by atoms with E-state index >= 15 is 0 Å². The maximum Gasteiger partial charge on any atom is 0.263 e. The van der Waals surface area contributed by atoms with E-state index in [0.717, 1.165) is 10.2 Å². The lowest BCUT2D eigenvalue weighted by Gasteiger charge is -2.20. The van der Waals surface area contributed by atoms with E-state index < -0.39 is 0 Å². The van der Waals surface area contributed by atoms with E-state index in [1.165, 1.54) is 32.7 Å². The summed E-state index contributed by atoms with van der Waals surface area (Å²) in [5.74, 6) is 1.19. The van der Waals surface area contributed by atoms with Crippen LogP contribution in [0.2, 0.25) is 0 Å². The summed E-state index contributed by atoms with van der Waals surface area (Å²) in [4.78, 5) is 19.4. The van der Waals surface area contributed by atoms with Gasteiger partial charge in [0.25, 0.3) is 5.91 Å². The van der Waals surface area contributed by atoms with Crippen LogP contribution in [0.1, 0.15) is 17.3 Å². The molecule has 0 aliphatic rings. The van der Waals surface area contributed by atoms with Gasteiger partial charge in [-0.1, -0.05) is 23.5 Å². The Morgan fingerprint density at radius 3 is 2.31 bits per heavy atom. The minimum absolute atomic E-state index is 0.204. The maximum atomic E-state index is 13.2. The van der Waals surface area contributed by atoms with E-state index in [-0.39, 0.29) is 5.91 Å². The van der Waals surface area contributed by atoms with Gasteiger partial charge >= 0.3 is 0 Å². The van der Waals surface area contributed by atoms with Gasteiger partial charge in [0, 0.05) is 18.7 Å². The molecule has 6 nitrogen and oxygen atoms in total. The summed E-state index contributed by atoms with van der Waals surface area (Å²) in [6, 6.07) is 11.1. The van der Waals surface area contributed by atoms with Crippen LogP contribution in [-0.2, 0) is 0 Å². The SMILES string of the molecule is CCN(C(=O)c1cc(OC)c(OC)cc1OC)c1nc2ccccc2s1. The van der Waals surface area contributed by atoms with Crippen molar-refractivity contribution in [1.82, 2.24) is 4.98 Å². The number of amides is 1. The third kappa shape index (κ3) is 3.17. The zero-order valence-corrected chi connectivity index (χ0v) is 15.9. The van der Waals surface area contributed by atoms with Crippen LogP contribution in [0.3, 0.4) is 0 Å². The second-order valence-corrected chi connectivity index (χ2v) is 6.43. The molecular weight excluding hydrogens is 352 g/mol. The van der Waals surface area contributed by atoms with Crippen molar-refractivity contribution in [2.24, 2.45) is 0 Å². The smallest absolute Gasteiger partial charge is 0.263 e. The van der Waals surface area contributed by atoms with Crippen molar-refractivity contribution in [3.63, 3.8) is 0 Å². The van der Waals surface area contributed by atoms with Crippen LogP contribution in [0.5, 0.6) is 17.2 Å². The Bertz CT molecular complexity index is 905. The zero-order chi connectivity index (χ0) is 18.7. The number of benzene rings is 2. The molecule has 0 unspecified atom stereocenters. The van der Waals surface area contributed by atoms with Crippen molar-refractivity contribution >= 4 is 32.6 Å². The number of ether oxygens (including phenoxy) is 3. The second kappa shape index (κ2) is 7.61. The third-order valence-corrected chi connectivity index (χ3v) is 5.07. The number of hydrogen-bond donors (Lipinski definition) is 0. The molecule has 0 spiro atoms. The van der Waals surface area contributed by atoms with Gasteiger partial charge in [0.05, 0.1) is 37.1 Å². The highest BCUT2D eigenvalue weighted by atomic mass is 32.1. The summed E-state index contributed by atoms with van der Waals surface area (Å²) >= 11 is 1.48. The summed E-state index contributed by atoms with van der Waals surface area (Å²) in [5.41, 5.74) is 1.27. The molecule has 7 heteroatoms. The molecule has 0 saturated carbocycles. The number of aromatic nitrogens is 1. The summed E-state index contributed by atoms with van der Waals surface area (Å²) in [7, 11) is 4.59.